The highest BCUT2D eigenvalue weighted by molar-refractivity contribution is 5.63. The number of hydrogen-bond acceptors (Lipinski definition) is 2. The Hall–Kier alpha value is -2.42. The average Bonchev–Trinajstić information content (AvgIpc) is 3.16. The maximum Gasteiger partial charge on any atom is 0.0341 e. The molecule has 3 aromatic rings. The van der Waals surface area contributed by atoms with Crippen LogP contribution in [0.2, 0.25) is 0 Å². The summed E-state index contributed by atoms with van der Waals surface area (Å²) < 4.78 is 0. The highest BCUT2D eigenvalue weighted by Crippen LogP contribution is 2.38. The van der Waals surface area contributed by atoms with Crippen molar-refractivity contribution < 1.29 is 0 Å². The van der Waals surface area contributed by atoms with E-state index in [1.54, 1.807) is 0 Å². The van der Waals surface area contributed by atoms with E-state index < -0.39 is 0 Å². The first kappa shape index (κ1) is 19.5. The second kappa shape index (κ2) is 8.75. The predicted molar refractivity (Wildman–Crippen MR) is 125 cm³/mol. The van der Waals surface area contributed by atoms with Crippen LogP contribution in [0, 0.1) is 0 Å². The quantitative estimate of drug-likeness (QED) is 0.523. The second-order valence-corrected chi connectivity index (χ2v) is 9.11. The molecule has 2 aliphatic heterocycles. The average molecular weight is 397 g/mol. The Morgan fingerprint density at radius 1 is 0.600 bits per heavy atom. The summed E-state index contributed by atoms with van der Waals surface area (Å²) >= 11 is 0. The number of likely N-dealkylation sites (tertiary alicyclic amines) is 2. The van der Waals surface area contributed by atoms with Crippen LogP contribution in [-0.2, 0) is 13.1 Å². The molecule has 0 N–H and O–H groups in total. The Labute approximate surface area is 181 Å². The van der Waals surface area contributed by atoms with Gasteiger partial charge in [0.1, 0.15) is 0 Å². The van der Waals surface area contributed by atoms with Crippen molar-refractivity contribution in [3.63, 3.8) is 0 Å². The van der Waals surface area contributed by atoms with Gasteiger partial charge in [0.05, 0.1) is 0 Å². The van der Waals surface area contributed by atoms with Gasteiger partial charge in [-0.05, 0) is 61.0 Å². The van der Waals surface area contributed by atoms with Crippen molar-refractivity contribution in [1.29, 1.82) is 0 Å². The number of hydrogen-bond donors (Lipinski definition) is 0. The molecule has 3 aromatic carbocycles. The van der Waals surface area contributed by atoms with Crippen molar-refractivity contribution in [2.24, 2.45) is 0 Å². The lowest BCUT2D eigenvalue weighted by atomic mass is 9.86. The molecule has 0 aromatic heterocycles. The van der Waals surface area contributed by atoms with Gasteiger partial charge in [0.15, 0.2) is 0 Å². The van der Waals surface area contributed by atoms with Crippen LogP contribution in [0.25, 0.3) is 11.1 Å². The molecule has 0 amide bonds. The van der Waals surface area contributed by atoms with Crippen LogP contribution in [-0.4, -0.2) is 35.0 Å². The maximum absolute atomic E-state index is 2.79. The molecule has 2 saturated heterocycles. The molecule has 0 unspecified atom stereocenters. The number of rotatable bonds is 5. The van der Waals surface area contributed by atoms with E-state index in [-0.39, 0.29) is 0 Å². The normalized spacial score (nSPS) is 22.5. The highest BCUT2D eigenvalue weighted by Gasteiger charge is 2.43. The number of nitrogens with zero attached hydrogens (tertiary/aromatic N) is 2. The third-order valence-electron chi connectivity index (χ3n) is 7.06. The summed E-state index contributed by atoms with van der Waals surface area (Å²) in [5.74, 6) is 0. The van der Waals surface area contributed by atoms with E-state index in [1.807, 2.05) is 0 Å². The Morgan fingerprint density at radius 3 is 1.93 bits per heavy atom. The zero-order valence-corrected chi connectivity index (χ0v) is 17.8. The Kier molecular flexibility index (Phi) is 5.70. The van der Waals surface area contributed by atoms with Crippen LogP contribution in [0.3, 0.4) is 0 Å². The van der Waals surface area contributed by atoms with Crippen molar-refractivity contribution in [3.05, 3.63) is 96.1 Å². The van der Waals surface area contributed by atoms with E-state index in [0.717, 1.165) is 13.1 Å². The molecule has 0 bridgehead atoms. The monoisotopic (exact) mass is 396 g/mol. The Balaban J connectivity index is 1.27. The zero-order chi connectivity index (χ0) is 20.2. The van der Waals surface area contributed by atoms with Gasteiger partial charge < -0.3 is 0 Å². The van der Waals surface area contributed by atoms with Gasteiger partial charge in [0.25, 0.3) is 0 Å². The lowest BCUT2D eigenvalue weighted by Crippen LogP contribution is -2.55. The molecular weight excluding hydrogens is 364 g/mol. The fourth-order valence-electron chi connectivity index (χ4n) is 5.54. The fraction of sp³-hybridized carbons (Fsp3) is 0.357. The smallest absolute Gasteiger partial charge is 0.0341 e. The molecule has 2 aliphatic rings. The third kappa shape index (κ3) is 4.21. The van der Waals surface area contributed by atoms with Crippen molar-refractivity contribution in [1.82, 2.24) is 9.80 Å². The van der Waals surface area contributed by atoms with Gasteiger partial charge >= 0.3 is 0 Å². The molecule has 5 rings (SSSR count). The molecule has 1 atom stereocenters. The first-order valence-corrected chi connectivity index (χ1v) is 11.5. The molecule has 2 fully saturated rings. The second-order valence-electron chi connectivity index (χ2n) is 9.11. The van der Waals surface area contributed by atoms with Gasteiger partial charge in [-0.1, -0.05) is 84.9 Å². The SMILES string of the molecule is c1ccc(CN2CCC[C@@]3(CCCN3Cc3ccc(-c4ccccc4)cc3)C2)cc1. The maximum atomic E-state index is 2.79. The molecule has 0 saturated carbocycles. The van der Waals surface area contributed by atoms with E-state index in [4.69, 9.17) is 0 Å². The summed E-state index contributed by atoms with van der Waals surface area (Å²) in [5.41, 5.74) is 5.85. The van der Waals surface area contributed by atoms with Crippen molar-refractivity contribution in [3.8, 4) is 11.1 Å². The Morgan fingerprint density at radius 2 is 1.20 bits per heavy atom. The van der Waals surface area contributed by atoms with E-state index in [2.05, 4.69) is 94.7 Å². The molecule has 1 spiro atoms. The first-order valence-electron chi connectivity index (χ1n) is 11.5. The minimum absolute atomic E-state index is 0.366. The summed E-state index contributed by atoms with van der Waals surface area (Å²) in [5, 5.41) is 0. The van der Waals surface area contributed by atoms with Gasteiger partial charge in [-0.25, -0.2) is 0 Å². The summed E-state index contributed by atoms with van der Waals surface area (Å²) in [7, 11) is 0. The molecule has 0 radical (unpaired) electrons. The number of piperidine rings is 1. The third-order valence-corrected chi connectivity index (χ3v) is 7.06. The molecule has 0 aliphatic carbocycles. The standard InChI is InChI=1S/C28H32N2/c1-3-9-24(10-4-1)21-29-19-7-17-28(23-29)18-8-20-30(28)22-25-13-15-27(16-14-25)26-11-5-2-6-12-26/h1-6,9-16H,7-8,17-23H2/t28-/m1/s1. The van der Waals surface area contributed by atoms with Crippen LogP contribution in [0.4, 0.5) is 0 Å². The Bertz CT molecular complexity index is 935. The molecule has 154 valence electrons. The zero-order valence-electron chi connectivity index (χ0n) is 17.8. The summed E-state index contributed by atoms with van der Waals surface area (Å²) in [6, 6.07) is 30.9. The molecular formula is C28H32N2. The van der Waals surface area contributed by atoms with Crippen LogP contribution in [0.15, 0.2) is 84.9 Å². The van der Waals surface area contributed by atoms with Crippen LogP contribution < -0.4 is 0 Å². The van der Waals surface area contributed by atoms with Gasteiger partial charge in [-0.15, -0.1) is 0 Å². The summed E-state index contributed by atoms with van der Waals surface area (Å²) in [6.07, 6.45) is 5.35. The molecule has 2 heteroatoms. The lowest BCUT2D eigenvalue weighted by Gasteiger charge is -2.46. The van der Waals surface area contributed by atoms with Crippen molar-refractivity contribution >= 4 is 0 Å². The van der Waals surface area contributed by atoms with Crippen LogP contribution in [0.1, 0.15) is 36.8 Å². The van der Waals surface area contributed by atoms with Gasteiger partial charge in [0.2, 0.25) is 0 Å². The van der Waals surface area contributed by atoms with Crippen LogP contribution in [0.5, 0.6) is 0 Å². The largest absolute Gasteiger partial charge is 0.297 e. The van der Waals surface area contributed by atoms with E-state index in [1.165, 1.54) is 67.6 Å². The van der Waals surface area contributed by atoms with Gasteiger partial charge in [-0.2, -0.15) is 0 Å². The molecule has 2 heterocycles. The van der Waals surface area contributed by atoms with Crippen LogP contribution >= 0.6 is 0 Å². The van der Waals surface area contributed by atoms with Crippen molar-refractivity contribution in [2.45, 2.75) is 44.3 Å². The predicted octanol–water partition coefficient (Wildman–Crippen LogP) is 5.98. The van der Waals surface area contributed by atoms with Crippen molar-refractivity contribution in [2.75, 3.05) is 19.6 Å². The summed E-state index contributed by atoms with van der Waals surface area (Å²) in [6.45, 7) is 5.84. The van der Waals surface area contributed by atoms with E-state index in [9.17, 15) is 0 Å². The molecule has 2 nitrogen and oxygen atoms in total. The van der Waals surface area contributed by atoms with Gasteiger partial charge in [0, 0.05) is 25.2 Å². The summed E-state index contributed by atoms with van der Waals surface area (Å²) in [4.78, 5) is 5.48. The number of benzene rings is 3. The van der Waals surface area contributed by atoms with E-state index >= 15 is 0 Å². The minimum atomic E-state index is 0.366. The van der Waals surface area contributed by atoms with Gasteiger partial charge in [-0.3, -0.25) is 9.80 Å². The first-order chi connectivity index (χ1) is 14.8. The van der Waals surface area contributed by atoms with E-state index in [0.29, 0.717) is 5.54 Å². The topological polar surface area (TPSA) is 6.48 Å². The minimum Gasteiger partial charge on any atom is -0.297 e. The fourth-order valence-corrected chi connectivity index (χ4v) is 5.54. The molecule has 30 heavy (non-hydrogen) atoms. The highest BCUT2D eigenvalue weighted by atomic mass is 15.3. The lowest BCUT2D eigenvalue weighted by molar-refractivity contribution is 0.0328.